The quantitative estimate of drug-likeness (QED) is 0.508. The Labute approximate surface area is 187 Å². The Bertz CT molecular complexity index is 1150. The van der Waals surface area contributed by atoms with E-state index in [1.165, 1.54) is 11.1 Å². The first-order valence-corrected chi connectivity index (χ1v) is 11.1. The minimum atomic E-state index is -0.428. The third-order valence-corrected chi connectivity index (χ3v) is 6.05. The summed E-state index contributed by atoms with van der Waals surface area (Å²) in [7, 11) is 0. The lowest BCUT2D eigenvalue weighted by Gasteiger charge is -2.30. The number of hydrogen-bond acceptors (Lipinski definition) is 5. The molecule has 0 unspecified atom stereocenters. The maximum absolute atomic E-state index is 14.3. The second-order valence-corrected chi connectivity index (χ2v) is 8.12. The smallest absolute Gasteiger partial charge is 0.266 e. The normalized spacial score (nSPS) is 14.2. The summed E-state index contributed by atoms with van der Waals surface area (Å²) in [5.74, 6) is 0.0195. The number of benzene rings is 2. The maximum atomic E-state index is 14.3. The lowest BCUT2D eigenvalue weighted by molar-refractivity contribution is 0.0989. The van der Waals surface area contributed by atoms with Gasteiger partial charge in [0, 0.05) is 19.5 Å². The van der Waals surface area contributed by atoms with Crippen LogP contribution >= 0.6 is 0 Å². The van der Waals surface area contributed by atoms with Crippen molar-refractivity contribution in [3.05, 3.63) is 76.1 Å². The van der Waals surface area contributed by atoms with Crippen LogP contribution in [0.5, 0.6) is 0 Å². The fourth-order valence-electron chi connectivity index (χ4n) is 4.12. The number of hydrogen-bond donors (Lipinski definition) is 0. The number of anilines is 1. The Morgan fingerprint density at radius 3 is 2.59 bits per heavy atom. The van der Waals surface area contributed by atoms with Crippen molar-refractivity contribution in [2.75, 3.05) is 18.0 Å². The number of ketones is 1. The summed E-state index contributed by atoms with van der Waals surface area (Å²) in [6.07, 6.45) is 2.13. The highest BCUT2D eigenvalue weighted by Crippen LogP contribution is 2.30. The highest BCUT2D eigenvalue weighted by Gasteiger charge is 2.22. The third kappa shape index (κ3) is 4.47. The molecule has 1 aliphatic heterocycles. The van der Waals surface area contributed by atoms with Crippen molar-refractivity contribution < 1.29 is 9.18 Å². The van der Waals surface area contributed by atoms with E-state index < -0.39 is 5.82 Å². The molecule has 0 aliphatic carbocycles. The molecule has 2 aromatic carbocycles. The van der Waals surface area contributed by atoms with Gasteiger partial charge in [-0.25, -0.2) is 4.39 Å². The number of rotatable bonds is 7. The molecule has 6 nitrogen and oxygen atoms in total. The summed E-state index contributed by atoms with van der Waals surface area (Å²) in [6, 6.07) is 13.0. The van der Waals surface area contributed by atoms with Gasteiger partial charge < -0.3 is 4.90 Å². The molecule has 0 spiro atoms. The van der Waals surface area contributed by atoms with Gasteiger partial charge in [0.1, 0.15) is 5.82 Å². The summed E-state index contributed by atoms with van der Waals surface area (Å²) in [5, 5.41) is 12.7. The molecular weight excluding hydrogens is 405 g/mol. The first kappa shape index (κ1) is 21.9. The molecule has 1 aromatic heterocycles. The molecule has 0 bridgehead atoms. The molecule has 7 heteroatoms. The van der Waals surface area contributed by atoms with Gasteiger partial charge in [-0.1, -0.05) is 54.0 Å². The minimum Gasteiger partial charge on any atom is -0.334 e. The summed E-state index contributed by atoms with van der Waals surface area (Å²) in [5.41, 5.74) is 5.34. The first-order chi connectivity index (χ1) is 15.5. The van der Waals surface area contributed by atoms with Crippen LogP contribution in [0.25, 0.3) is 5.57 Å². The first-order valence-electron chi connectivity index (χ1n) is 11.1. The van der Waals surface area contributed by atoms with Crippen LogP contribution in [-0.2, 0) is 13.0 Å². The molecule has 3 aromatic rings. The molecule has 166 valence electrons. The molecule has 0 fully saturated rings. The van der Waals surface area contributed by atoms with Crippen LogP contribution in [0, 0.1) is 12.7 Å². The van der Waals surface area contributed by atoms with Gasteiger partial charge in [0.25, 0.3) is 5.95 Å². The Hall–Kier alpha value is -3.35. The van der Waals surface area contributed by atoms with Gasteiger partial charge in [0.05, 0.1) is 12.1 Å². The summed E-state index contributed by atoms with van der Waals surface area (Å²) < 4.78 is 14.3. The van der Waals surface area contributed by atoms with Crippen molar-refractivity contribution in [2.45, 2.75) is 46.6 Å². The number of nitrogens with zero attached hydrogens (tertiary/aromatic N) is 5. The van der Waals surface area contributed by atoms with Gasteiger partial charge in [0.15, 0.2) is 5.78 Å². The standard InChI is InChI=1S/C25H28FN5O/c1-4-19-13-14-30(25-27-29-31(5-2)28-25)16-22(19)20-11-9-18(10-12-20)15-23(32)21-8-6-7-17(3)24(21)26/h6-12H,4-5,13-16H2,1-3H3. The number of carbonyl (C=O) groups is 1. The molecule has 0 atom stereocenters. The van der Waals surface area contributed by atoms with Crippen molar-refractivity contribution in [2.24, 2.45) is 0 Å². The predicted octanol–water partition coefficient (Wildman–Crippen LogP) is 4.64. The highest BCUT2D eigenvalue weighted by molar-refractivity contribution is 5.98. The number of aryl methyl sites for hydroxylation is 2. The number of carbonyl (C=O) groups excluding carboxylic acids is 1. The predicted molar refractivity (Wildman–Crippen MR) is 123 cm³/mol. The van der Waals surface area contributed by atoms with Crippen molar-refractivity contribution in [1.82, 2.24) is 20.2 Å². The van der Waals surface area contributed by atoms with E-state index in [0.717, 1.165) is 37.1 Å². The zero-order valence-corrected chi connectivity index (χ0v) is 18.8. The molecule has 2 heterocycles. The highest BCUT2D eigenvalue weighted by atomic mass is 19.1. The number of Topliss-reactive ketones (excluding diaryl/α,β-unsaturated/α-hetero) is 1. The van der Waals surface area contributed by atoms with Crippen LogP contribution < -0.4 is 4.90 Å². The Kier molecular flexibility index (Phi) is 6.44. The molecule has 32 heavy (non-hydrogen) atoms. The molecule has 0 amide bonds. The van der Waals surface area contributed by atoms with Gasteiger partial charge in [-0.05, 0) is 60.2 Å². The zero-order chi connectivity index (χ0) is 22.7. The van der Waals surface area contributed by atoms with Gasteiger partial charge in [-0.15, -0.1) is 5.10 Å². The average molecular weight is 434 g/mol. The van der Waals surface area contributed by atoms with Crippen LogP contribution in [0.1, 0.15) is 53.7 Å². The molecular formula is C25H28FN5O. The minimum absolute atomic E-state index is 0.153. The van der Waals surface area contributed by atoms with Crippen LogP contribution in [0.2, 0.25) is 0 Å². The number of halogens is 1. The van der Waals surface area contributed by atoms with E-state index in [2.05, 4.69) is 39.4 Å². The zero-order valence-electron chi connectivity index (χ0n) is 18.8. The van der Waals surface area contributed by atoms with E-state index in [-0.39, 0.29) is 17.8 Å². The summed E-state index contributed by atoms with van der Waals surface area (Å²) in [4.78, 5) is 16.4. The number of tetrazole rings is 1. The monoisotopic (exact) mass is 433 g/mol. The van der Waals surface area contributed by atoms with E-state index in [1.54, 1.807) is 29.9 Å². The van der Waals surface area contributed by atoms with E-state index in [0.29, 0.717) is 18.1 Å². The Balaban J connectivity index is 1.52. The lowest BCUT2D eigenvalue weighted by atomic mass is 9.91. The van der Waals surface area contributed by atoms with Gasteiger partial charge >= 0.3 is 0 Å². The molecule has 0 saturated heterocycles. The van der Waals surface area contributed by atoms with Gasteiger partial charge in [-0.2, -0.15) is 4.80 Å². The van der Waals surface area contributed by atoms with Crippen LogP contribution in [0.3, 0.4) is 0 Å². The maximum Gasteiger partial charge on any atom is 0.266 e. The Morgan fingerprint density at radius 1 is 1.12 bits per heavy atom. The summed E-state index contributed by atoms with van der Waals surface area (Å²) in [6.45, 7) is 8.13. The summed E-state index contributed by atoms with van der Waals surface area (Å²) >= 11 is 0. The van der Waals surface area contributed by atoms with Crippen molar-refractivity contribution >= 4 is 17.3 Å². The van der Waals surface area contributed by atoms with Crippen LogP contribution in [0.4, 0.5) is 10.3 Å². The lowest BCUT2D eigenvalue weighted by Crippen LogP contribution is -2.32. The SMILES string of the molecule is CCC1=C(c2ccc(CC(=O)c3cccc(C)c3F)cc2)CN(c2nnn(CC)n2)CC1. The average Bonchev–Trinajstić information content (AvgIpc) is 3.30. The van der Waals surface area contributed by atoms with Crippen molar-refractivity contribution in [3.8, 4) is 0 Å². The van der Waals surface area contributed by atoms with Crippen molar-refractivity contribution in [1.29, 1.82) is 0 Å². The second-order valence-electron chi connectivity index (χ2n) is 8.12. The molecule has 0 N–H and O–H groups in total. The van der Waals surface area contributed by atoms with E-state index in [4.69, 9.17) is 0 Å². The van der Waals surface area contributed by atoms with Crippen LogP contribution in [0.15, 0.2) is 48.0 Å². The van der Waals surface area contributed by atoms with Gasteiger partial charge in [0.2, 0.25) is 0 Å². The fourth-order valence-corrected chi connectivity index (χ4v) is 4.12. The van der Waals surface area contributed by atoms with E-state index in [1.807, 2.05) is 19.1 Å². The van der Waals surface area contributed by atoms with Crippen molar-refractivity contribution in [3.63, 3.8) is 0 Å². The topological polar surface area (TPSA) is 63.9 Å². The molecule has 0 radical (unpaired) electrons. The fraction of sp³-hybridized carbons (Fsp3) is 0.360. The molecule has 1 aliphatic rings. The van der Waals surface area contributed by atoms with Gasteiger partial charge in [-0.3, -0.25) is 4.79 Å². The largest absolute Gasteiger partial charge is 0.334 e. The second kappa shape index (κ2) is 9.42. The molecule has 0 saturated carbocycles. The van der Waals surface area contributed by atoms with Crippen LogP contribution in [-0.4, -0.2) is 39.1 Å². The third-order valence-electron chi connectivity index (χ3n) is 6.05. The Morgan fingerprint density at radius 2 is 1.91 bits per heavy atom. The van der Waals surface area contributed by atoms with E-state index in [9.17, 15) is 9.18 Å². The number of aromatic nitrogens is 4. The van der Waals surface area contributed by atoms with E-state index >= 15 is 0 Å². The molecule has 4 rings (SSSR count).